The van der Waals surface area contributed by atoms with E-state index in [1.54, 1.807) is 17.9 Å². The van der Waals surface area contributed by atoms with Crippen molar-refractivity contribution in [2.24, 2.45) is 0 Å². The molecule has 4 amide bonds. The number of rotatable bonds is 10. The molecule has 1 saturated heterocycles. The Morgan fingerprint density at radius 3 is 2.52 bits per heavy atom. The zero-order valence-electron chi connectivity index (χ0n) is 24.8. The molecular formula is C32H41N5O5. The Hall–Kier alpha value is -4.31. The molecule has 0 radical (unpaired) electrons. The van der Waals surface area contributed by atoms with Gasteiger partial charge < -0.3 is 25.0 Å². The van der Waals surface area contributed by atoms with Crippen molar-refractivity contribution in [2.75, 3.05) is 39.3 Å². The minimum atomic E-state index is -0.748. The van der Waals surface area contributed by atoms with E-state index in [9.17, 15) is 14.4 Å². The number of nitrogens with zero attached hydrogens (tertiary/aromatic N) is 3. The monoisotopic (exact) mass is 575 g/mol. The van der Waals surface area contributed by atoms with Crippen LogP contribution in [0.25, 0.3) is 0 Å². The Morgan fingerprint density at radius 1 is 1.12 bits per heavy atom. The molecule has 10 heteroatoms. The summed E-state index contributed by atoms with van der Waals surface area (Å²) in [6.07, 6.45) is 1.63. The number of urea groups is 2. The molecular weight excluding hydrogens is 534 g/mol. The third-order valence-electron chi connectivity index (χ3n) is 7.17. The number of carbonyl (C=O) groups is 3. The van der Waals surface area contributed by atoms with Crippen molar-refractivity contribution in [3.05, 3.63) is 84.1 Å². The van der Waals surface area contributed by atoms with Crippen molar-refractivity contribution in [3.63, 3.8) is 0 Å². The van der Waals surface area contributed by atoms with Crippen molar-refractivity contribution < 1.29 is 23.9 Å². The van der Waals surface area contributed by atoms with E-state index in [1.807, 2.05) is 80.3 Å². The summed E-state index contributed by atoms with van der Waals surface area (Å²) in [7, 11) is 0. The van der Waals surface area contributed by atoms with Gasteiger partial charge in [-0.3, -0.25) is 9.80 Å². The van der Waals surface area contributed by atoms with Gasteiger partial charge >= 0.3 is 18.0 Å². The summed E-state index contributed by atoms with van der Waals surface area (Å²) in [5, 5.41) is 5.97. The summed E-state index contributed by atoms with van der Waals surface area (Å²) < 4.78 is 11.6. The van der Waals surface area contributed by atoms with E-state index < -0.39 is 12.0 Å². The zero-order valence-corrected chi connectivity index (χ0v) is 24.8. The van der Waals surface area contributed by atoms with Crippen molar-refractivity contribution in [1.29, 1.82) is 0 Å². The van der Waals surface area contributed by atoms with E-state index in [1.165, 1.54) is 0 Å². The molecule has 4 rings (SSSR count). The van der Waals surface area contributed by atoms with Crippen LogP contribution in [0.5, 0.6) is 11.5 Å². The predicted molar refractivity (Wildman–Crippen MR) is 161 cm³/mol. The Bertz CT molecular complexity index is 1310. The SMILES string of the molecule is C=CCN1C(=O)NC(c2cccc(Oc3ccccc3)c2)C(C(=O)OCC)=C1CN1CCN(C(=O)NC(C)C)C(C)C1. The van der Waals surface area contributed by atoms with Gasteiger partial charge in [0.1, 0.15) is 11.5 Å². The summed E-state index contributed by atoms with van der Waals surface area (Å²) in [5.74, 6) is 0.761. The van der Waals surface area contributed by atoms with Gasteiger partial charge in [-0.15, -0.1) is 6.58 Å². The van der Waals surface area contributed by atoms with E-state index in [0.29, 0.717) is 54.5 Å². The average molecular weight is 576 g/mol. The first-order chi connectivity index (χ1) is 20.2. The summed E-state index contributed by atoms with van der Waals surface area (Å²) in [6, 6.07) is 15.6. The fourth-order valence-corrected chi connectivity index (χ4v) is 5.30. The van der Waals surface area contributed by atoms with Gasteiger partial charge in [0.05, 0.1) is 18.2 Å². The third kappa shape index (κ3) is 7.30. The molecule has 2 aliphatic heterocycles. The molecule has 2 aromatic carbocycles. The minimum absolute atomic E-state index is 0.0433. The summed E-state index contributed by atoms with van der Waals surface area (Å²) in [5.41, 5.74) is 1.62. The molecule has 2 aromatic rings. The molecule has 224 valence electrons. The van der Waals surface area contributed by atoms with Crippen LogP contribution in [-0.4, -0.2) is 84.1 Å². The van der Waals surface area contributed by atoms with Crippen LogP contribution in [0, 0.1) is 0 Å². The highest BCUT2D eigenvalue weighted by Gasteiger charge is 2.39. The van der Waals surface area contributed by atoms with Gasteiger partial charge in [0.15, 0.2) is 0 Å². The first-order valence-electron chi connectivity index (χ1n) is 14.4. The molecule has 2 N–H and O–H groups in total. The molecule has 2 unspecified atom stereocenters. The number of esters is 1. The lowest BCUT2D eigenvalue weighted by Crippen LogP contribution is -2.58. The average Bonchev–Trinajstić information content (AvgIpc) is 2.95. The highest BCUT2D eigenvalue weighted by atomic mass is 16.5. The van der Waals surface area contributed by atoms with Crippen LogP contribution in [0.1, 0.15) is 39.3 Å². The number of benzene rings is 2. The van der Waals surface area contributed by atoms with Gasteiger partial charge in [0, 0.05) is 50.5 Å². The summed E-state index contributed by atoms with van der Waals surface area (Å²) in [6.45, 7) is 13.9. The number of carbonyl (C=O) groups excluding carboxylic acids is 3. The molecule has 42 heavy (non-hydrogen) atoms. The number of hydrogen-bond donors (Lipinski definition) is 2. The maximum absolute atomic E-state index is 13.6. The normalized spacial score (nSPS) is 19.4. The lowest BCUT2D eigenvalue weighted by atomic mass is 9.93. The van der Waals surface area contributed by atoms with Crippen LogP contribution in [0.15, 0.2) is 78.5 Å². The van der Waals surface area contributed by atoms with Crippen LogP contribution < -0.4 is 15.4 Å². The van der Waals surface area contributed by atoms with Crippen LogP contribution in [-0.2, 0) is 9.53 Å². The number of piperazine rings is 1. The van der Waals surface area contributed by atoms with Crippen LogP contribution in [0.2, 0.25) is 0 Å². The van der Waals surface area contributed by atoms with Gasteiger partial charge in [-0.25, -0.2) is 14.4 Å². The van der Waals surface area contributed by atoms with Gasteiger partial charge in [0.2, 0.25) is 0 Å². The molecule has 2 heterocycles. The zero-order chi connectivity index (χ0) is 30.2. The summed E-state index contributed by atoms with van der Waals surface area (Å²) >= 11 is 0. The highest BCUT2D eigenvalue weighted by Crippen LogP contribution is 2.34. The Morgan fingerprint density at radius 2 is 1.86 bits per heavy atom. The fourth-order valence-electron chi connectivity index (χ4n) is 5.30. The molecule has 0 aliphatic carbocycles. The largest absolute Gasteiger partial charge is 0.463 e. The second-order valence-corrected chi connectivity index (χ2v) is 10.7. The molecule has 2 aliphatic rings. The second-order valence-electron chi connectivity index (χ2n) is 10.7. The topological polar surface area (TPSA) is 103 Å². The second kappa shape index (κ2) is 14.0. The smallest absolute Gasteiger partial charge is 0.338 e. The summed E-state index contributed by atoms with van der Waals surface area (Å²) in [4.78, 5) is 45.3. The number of ether oxygens (including phenoxy) is 2. The van der Waals surface area contributed by atoms with Gasteiger partial charge in [-0.1, -0.05) is 36.4 Å². The Kier molecular flexibility index (Phi) is 10.2. The van der Waals surface area contributed by atoms with E-state index in [-0.39, 0.29) is 37.3 Å². The van der Waals surface area contributed by atoms with Crippen LogP contribution >= 0.6 is 0 Å². The van der Waals surface area contributed by atoms with Crippen LogP contribution in [0.3, 0.4) is 0 Å². The van der Waals surface area contributed by atoms with E-state index in [2.05, 4.69) is 22.1 Å². The number of amides is 4. The highest BCUT2D eigenvalue weighted by molar-refractivity contribution is 5.95. The fraction of sp³-hybridized carbons (Fsp3) is 0.406. The minimum Gasteiger partial charge on any atom is -0.463 e. The number of para-hydroxylation sites is 1. The first kappa shape index (κ1) is 30.6. The first-order valence-corrected chi connectivity index (χ1v) is 14.4. The van der Waals surface area contributed by atoms with Crippen molar-refractivity contribution >= 4 is 18.0 Å². The van der Waals surface area contributed by atoms with Crippen molar-refractivity contribution in [2.45, 2.75) is 45.8 Å². The molecule has 0 saturated carbocycles. The Balaban J connectivity index is 1.68. The van der Waals surface area contributed by atoms with Crippen LogP contribution in [0.4, 0.5) is 9.59 Å². The molecule has 0 bridgehead atoms. The number of hydrogen-bond acceptors (Lipinski definition) is 6. The third-order valence-corrected chi connectivity index (χ3v) is 7.17. The van der Waals surface area contributed by atoms with Gasteiger partial charge in [0.25, 0.3) is 0 Å². The standard InChI is InChI=1S/C32H41N5O5/c1-6-16-37-27(21-35-17-18-36(23(5)20-35)31(39)33-22(3)4)28(30(38)41-7-2)29(34-32(37)40)24-12-11-15-26(19-24)42-25-13-9-8-10-14-25/h6,8-15,19,22-23,29H,1,7,16-18,20-21H2,2-5H3,(H,33,39)(H,34,40). The molecule has 0 aromatic heterocycles. The maximum Gasteiger partial charge on any atom is 0.338 e. The molecule has 2 atom stereocenters. The molecule has 0 spiro atoms. The predicted octanol–water partition coefficient (Wildman–Crippen LogP) is 4.67. The van der Waals surface area contributed by atoms with Gasteiger partial charge in [-0.2, -0.15) is 0 Å². The lowest BCUT2D eigenvalue weighted by molar-refractivity contribution is -0.139. The van der Waals surface area contributed by atoms with Gasteiger partial charge in [-0.05, 0) is 57.5 Å². The van der Waals surface area contributed by atoms with Crippen molar-refractivity contribution in [1.82, 2.24) is 25.3 Å². The molecule has 1 fully saturated rings. The lowest BCUT2D eigenvalue weighted by Gasteiger charge is -2.43. The Labute approximate surface area is 247 Å². The van der Waals surface area contributed by atoms with Crippen molar-refractivity contribution in [3.8, 4) is 11.5 Å². The number of nitrogens with one attached hydrogen (secondary N) is 2. The quantitative estimate of drug-likeness (QED) is 0.315. The van der Waals surface area contributed by atoms with E-state index in [4.69, 9.17) is 9.47 Å². The maximum atomic E-state index is 13.6. The van der Waals surface area contributed by atoms with E-state index >= 15 is 0 Å². The molecule has 10 nitrogen and oxygen atoms in total. The van der Waals surface area contributed by atoms with E-state index in [0.717, 1.165) is 0 Å².